The van der Waals surface area contributed by atoms with Crippen LogP contribution >= 0.6 is 0 Å². The fourth-order valence-corrected chi connectivity index (χ4v) is 2.51. The molecule has 2 heteroatoms. The van der Waals surface area contributed by atoms with Crippen molar-refractivity contribution in [3.05, 3.63) is 0 Å². The van der Waals surface area contributed by atoms with Gasteiger partial charge in [-0.1, -0.05) is 13.8 Å². The number of hydrogen-bond donors (Lipinski definition) is 0. The average molecular weight is 182 g/mol. The fraction of sp³-hybridized carbons (Fsp3) is 0.909. The summed E-state index contributed by atoms with van der Waals surface area (Å²) in [6.07, 6.45) is 2.33. The Morgan fingerprint density at radius 3 is 2.46 bits per heavy atom. The first-order valence-corrected chi connectivity index (χ1v) is 5.24. The number of nitrogens with zero attached hydrogens (tertiary/aromatic N) is 2. The average Bonchev–Trinajstić information content (AvgIpc) is 2.28. The summed E-state index contributed by atoms with van der Waals surface area (Å²) in [7, 11) is 1.90. The van der Waals surface area contributed by atoms with Crippen LogP contribution in [0.4, 0.5) is 0 Å². The van der Waals surface area contributed by atoms with Crippen LogP contribution in [0.15, 0.2) is 4.99 Å². The first-order valence-electron chi connectivity index (χ1n) is 5.24. The molecule has 0 amide bonds. The highest BCUT2D eigenvalue weighted by molar-refractivity contribution is 5.82. The number of likely N-dealkylation sites (tertiary alicyclic amines) is 1. The van der Waals surface area contributed by atoms with Crippen LogP contribution in [-0.2, 0) is 0 Å². The monoisotopic (exact) mass is 182 g/mol. The molecule has 1 aliphatic heterocycles. The summed E-state index contributed by atoms with van der Waals surface area (Å²) in [6, 6.07) is 0. The van der Waals surface area contributed by atoms with Crippen molar-refractivity contribution >= 4 is 5.84 Å². The predicted molar refractivity (Wildman–Crippen MR) is 58.2 cm³/mol. The molecule has 1 aliphatic rings. The van der Waals surface area contributed by atoms with Gasteiger partial charge in [0.15, 0.2) is 0 Å². The van der Waals surface area contributed by atoms with E-state index in [1.54, 1.807) is 0 Å². The lowest BCUT2D eigenvalue weighted by molar-refractivity contribution is 0.277. The Bertz CT molecular complexity index is 206. The summed E-state index contributed by atoms with van der Waals surface area (Å²) in [5, 5.41) is 0. The quantitative estimate of drug-likeness (QED) is 0.449. The highest BCUT2D eigenvalue weighted by atomic mass is 15.3. The lowest BCUT2D eigenvalue weighted by Crippen LogP contribution is -2.42. The topological polar surface area (TPSA) is 15.6 Å². The molecule has 0 bridgehead atoms. The van der Waals surface area contributed by atoms with Gasteiger partial charge in [0.1, 0.15) is 0 Å². The van der Waals surface area contributed by atoms with E-state index in [9.17, 15) is 0 Å². The Balaban J connectivity index is 2.80. The summed E-state index contributed by atoms with van der Waals surface area (Å²) in [4.78, 5) is 6.83. The van der Waals surface area contributed by atoms with Gasteiger partial charge in [-0.05, 0) is 26.2 Å². The second kappa shape index (κ2) is 3.69. The van der Waals surface area contributed by atoms with Crippen molar-refractivity contribution in [3.8, 4) is 0 Å². The maximum absolute atomic E-state index is 4.36. The van der Waals surface area contributed by atoms with Gasteiger partial charge in [0.05, 0.1) is 5.84 Å². The highest BCUT2D eigenvalue weighted by Crippen LogP contribution is 2.32. The molecule has 1 saturated heterocycles. The van der Waals surface area contributed by atoms with Crippen LogP contribution in [0.1, 0.15) is 40.5 Å². The van der Waals surface area contributed by atoms with E-state index in [2.05, 4.69) is 37.6 Å². The van der Waals surface area contributed by atoms with E-state index in [0.29, 0.717) is 5.54 Å². The molecule has 2 nitrogen and oxygen atoms in total. The van der Waals surface area contributed by atoms with Crippen LogP contribution in [0.25, 0.3) is 0 Å². The molecule has 1 heterocycles. The first kappa shape index (κ1) is 10.6. The van der Waals surface area contributed by atoms with Gasteiger partial charge >= 0.3 is 0 Å². The van der Waals surface area contributed by atoms with E-state index in [0.717, 1.165) is 12.3 Å². The molecule has 0 radical (unpaired) electrons. The van der Waals surface area contributed by atoms with Crippen LogP contribution in [-0.4, -0.2) is 29.9 Å². The molecule has 13 heavy (non-hydrogen) atoms. The van der Waals surface area contributed by atoms with Crippen molar-refractivity contribution in [2.24, 2.45) is 10.9 Å². The maximum atomic E-state index is 4.36. The Morgan fingerprint density at radius 2 is 2.15 bits per heavy atom. The third kappa shape index (κ3) is 2.04. The fourth-order valence-electron chi connectivity index (χ4n) is 2.51. The lowest BCUT2D eigenvalue weighted by Gasteiger charge is -2.34. The molecule has 1 rings (SSSR count). The van der Waals surface area contributed by atoms with Crippen LogP contribution in [0, 0.1) is 5.92 Å². The zero-order valence-electron chi connectivity index (χ0n) is 9.59. The molecular formula is C11H22N2. The number of aliphatic imine (C=N–C) groups is 1. The molecular weight excluding hydrogens is 160 g/mol. The van der Waals surface area contributed by atoms with Crippen LogP contribution in [0.2, 0.25) is 0 Å². The van der Waals surface area contributed by atoms with Crippen LogP contribution in [0.5, 0.6) is 0 Å². The summed E-state index contributed by atoms with van der Waals surface area (Å²) < 4.78 is 0. The Hall–Kier alpha value is -0.530. The highest BCUT2D eigenvalue weighted by Gasteiger charge is 2.37. The molecule has 0 aliphatic carbocycles. The molecule has 0 aromatic rings. The molecule has 0 N–H and O–H groups in total. The van der Waals surface area contributed by atoms with Crippen LogP contribution in [0.3, 0.4) is 0 Å². The van der Waals surface area contributed by atoms with E-state index in [-0.39, 0.29) is 0 Å². The first-order chi connectivity index (χ1) is 6.01. The maximum Gasteiger partial charge on any atom is 0.0987 e. The minimum atomic E-state index is 0.310. The van der Waals surface area contributed by atoms with E-state index < -0.39 is 0 Å². The smallest absolute Gasteiger partial charge is 0.0987 e. The number of rotatable bonds is 1. The second-order valence-corrected chi connectivity index (χ2v) is 4.73. The summed E-state index contributed by atoms with van der Waals surface area (Å²) in [6.45, 7) is 10.3. The standard InChI is InChI=1S/C11H22N2/c1-6-10(12-5)13-8-9(2)7-11(13,3)4/h9H,6-8H2,1-5H3/t9-/m0/s1. The van der Waals surface area contributed by atoms with Gasteiger partial charge in [-0.2, -0.15) is 0 Å². The van der Waals surface area contributed by atoms with Gasteiger partial charge in [-0.25, -0.2) is 0 Å². The molecule has 1 fully saturated rings. The van der Waals surface area contributed by atoms with E-state index in [4.69, 9.17) is 0 Å². The third-order valence-electron chi connectivity index (χ3n) is 2.96. The van der Waals surface area contributed by atoms with Gasteiger partial charge in [-0.15, -0.1) is 0 Å². The van der Waals surface area contributed by atoms with E-state index in [1.807, 2.05) is 7.05 Å². The van der Waals surface area contributed by atoms with Crippen molar-refractivity contribution in [3.63, 3.8) is 0 Å². The van der Waals surface area contributed by atoms with Crippen molar-refractivity contribution in [2.75, 3.05) is 13.6 Å². The molecule has 0 saturated carbocycles. The molecule has 1 atom stereocenters. The summed E-state index contributed by atoms with van der Waals surface area (Å²) in [5.74, 6) is 2.06. The zero-order valence-corrected chi connectivity index (χ0v) is 9.59. The summed E-state index contributed by atoms with van der Waals surface area (Å²) >= 11 is 0. The molecule has 0 aromatic heterocycles. The van der Waals surface area contributed by atoms with E-state index >= 15 is 0 Å². The van der Waals surface area contributed by atoms with Gasteiger partial charge in [0.25, 0.3) is 0 Å². The molecule has 76 valence electrons. The van der Waals surface area contributed by atoms with Gasteiger partial charge < -0.3 is 4.90 Å². The second-order valence-electron chi connectivity index (χ2n) is 4.73. The van der Waals surface area contributed by atoms with Crippen molar-refractivity contribution < 1.29 is 0 Å². The Morgan fingerprint density at radius 1 is 1.54 bits per heavy atom. The number of hydrogen-bond acceptors (Lipinski definition) is 1. The van der Waals surface area contributed by atoms with Gasteiger partial charge in [0, 0.05) is 25.6 Å². The van der Waals surface area contributed by atoms with Gasteiger partial charge in [-0.3, -0.25) is 4.99 Å². The predicted octanol–water partition coefficient (Wildman–Crippen LogP) is 2.55. The SMILES string of the molecule is CCC(=NC)N1C[C@@H](C)CC1(C)C. The normalized spacial score (nSPS) is 28.2. The molecule has 0 unspecified atom stereocenters. The minimum Gasteiger partial charge on any atom is -0.355 e. The van der Waals surface area contributed by atoms with Crippen molar-refractivity contribution in [2.45, 2.75) is 46.1 Å². The Labute approximate surface area is 82.0 Å². The van der Waals surface area contributed by atoms with Crippen molar-refractivity contribution in [1.29, 1.82) is 0 Å². The number of amidine groups is 1. The van der Waals surface area contributed by atoms with E-state index in [1.165, 1.54) is 18.8 Å². The molecule has 0 aromatic carbocycles. The lowest BCUT2D eigenvalue weighted by atomic mass is 9.97. The summed E-state index contributed by atoms with van der Waals surface area (Å²) in [5.41, 5.74) is 0.310. The zero-order chi connectivity index (χ0) is 10.1. The van der Waals surface area contributed by atoms with Gasteiger partial charge in [0.2, 0.25) is 0 Å². The Kier molecular flexibility index (Phi) is 2.99. The minimum absolute atomic E-state index is 0.310. The third-order valence-corrected chi connectivity index (χ3v) is 2.96. The molecule has 0 spiro atoms. The van der Waals surface area contributed by atoms with Crippen molar-refractivity contribution in [1.82, 2.24) is 4.90 Å². The largest absolute Gasteiger partial charge is 0.355 e. The van der Waals surface area contributed by atoms with Crippen LogP contribution < -0.4 is 0 Å².